The molecule has 0 aliphatic heterocycles. The van der Waals surface area contributed by atoms with Gasteiger partial charge in [0.25, 0.3) is 5.91 Å². The summed E-state index contributed by atoms with van der Waals surface area (Å²) in [5.74, 6) is -1.10. The first kappa shape index (κ1) is 26.5. The minimum atomic E-state index is -0.767. The highest BCUT2D eigenvalue weighted by molar-refractivity contribution is 6.35. The zero-order valence-electron chi connectivity index (χ0n) is 19.5. The summed E-state index contributed by atoms with van der Waals surface area (Å²) in [6.45, 7) is 10.9. The van der Waals surface area contributed by atoms with Gasteiger partial charge in [-0.25, -0.2) is 9.78 Å². The number of urea groups is 1. The molecule has 0 fully saturated rings. The lowest BCUT2D eigenvalue weighted by Crippen LogP contribution is -2.35. The molecule has 33 heavy (non-hydrogen) atoms. The minimum Gasteiger partial charge on any atom is -0.460 e. The predicted octanol–water partition coefficient (Wildman–Crippen LogP) is 5.45. The lowest BCUT2D eigenvalue weighted by atomic mass is 10.0. The molecule has 0 atom stereocenters. The lowest BCUT2D eigenvalue weighted by Gasteiger charge is -2.20. The molecule has 0 saturated carbocycles. The van der Waals surface area contributed by atoms with Crippen molar-refractivity contribution in [1.29, 1.82) is 0 Å². The van der Waals surface area contributed by atoms with Crippen LogP contribution >= 0.6 is 23.2 Å². The van der Waals surface area contributed by atoms with Crippen LogP contribution in [0.3, 0.4) is 0 Å². The van der Waals surface area contributed by atoms with Gasteiger partial charge in [0, 0.05) is 12.6 Å². The van der Waals surface area contributed by atoms with E-state index < -0.39 is 17.5 Å². The minimum absolute atomic E-state index is 0.0185. The van der Waals surface area contributed by atoms with Crippen molar-refractivity contribution in [3.8, 4) is 0 Å². The molecule has 2 heterocycles. The van der Waals surface area contributed by atoms with Crippen molar-refractivity contribution >= 4 is 46.8 Å². The Hall–Kier alpha value is -2.71. The second kappa shape index (κ2) is 10.9. The van der Waals surface area contributed by atoms with Crippen LogP contribution in [0.5, 0.6) is 0 Å². The van der Waals surface area contributed by atoms with E-state index in [1.165, 1.54) is 6.07 Å². The molecule has 2 aromatic heterocycles. The van der Waals surface area contributed by atoms with Gasteiger partial charge in [0.15, 0.2) is 0 Å². The number of carbonyl (C=O) groups is 3. The standard InChI is InChI=1S/C23H28Cl2N4O4/c1-12(2)17-18(14(9-10-26-17)7-8-16(30)33-23(4,5)6)27-22(32)29-21(31)15-11-13(3)19(24)28-20(15)25/h9-12H,7-8H2,1-6H3,(H2,27,29,31,32). The van der Waals surface area contributed by atoms with Gasteiger partial charge in [0.1, 0.15) is 15.9 Å². The van der Waals surface area contributed by atoms with Crippen LogP contribution in [0.1, 0.15) is 74.1 Å². The van der Waals surface area contributed by atoms with Crippen molar-refractivity contribution < 1.29 is 19.1 Å². The third-order valence-corrected chi connectivity index (χ3v) is 5.12. The van der Waals surface area contributed by atoms with Crippen LogP contribution in [0.25, 0.3) is 0 Å². The number of hydrogen-bond donors (Lipinski definition) is 2. The molecule has 3 amide bonds. The summed E-state index contributed by atoms with van der Waals surface area (Å²) in [5, 5.41) is 5.01. The van der Waals surface area contributed by atoms with Crippen LogP contribution < -0.4 is 10.6 Å². The molecular formula is C23H28Cl2N4O4. The van der Waals surface area contributed by atoms with E-state index in [1.807, 2.05) is 13.8 Å². The zero-order valence-corrected chi connectivity index (χ0v) is 21.0. The summed E-state index contributed by atoms with van der Waals surface area (Å²) in [4.78, 5) is 45.6. The first-order valence-corrected chi connectivity index (χ1v) is 11.2. The number of nitrogens with zero attached hydrogens (tertiary/aromatic N) is 2. The fraction of sp³-hybridized carbons (Fsp3) is 0.435. The summed E-state index contributed by atoms with van der Waals surface area (Å²) in [6, 6.07) is 2.41. The molecule has 0 aliphatic carbocycles. The van der Waals surface area contributed by atoms with Crippen molar-refractivity contribution in [1.82, 2.24) is 15.3 Å². The molecule has 0 aromatic carbocycles. The molecule has 0 bridgehead atoms. The van der Waals surface area contributed by atoms with Crippen LogP contribution in [0.4, 0.5) is 10.5 Å². The average molecular weight is 495 g/mol. The van der Waals surface area contributed by atoms with Crippen LogP contribution in [0, 0.1) is 6.92 Å². The third-order valence-electron chi connectivity index (χ3n) is 4.45. The van der Waals surface area contributed by atoms with E-state index in [9.17, 15) is 14.4 Å². The Morgan fingerprint density at radius 1 is 1.15 bits per heavy atom. The Balaban J connectivity index is 2.21. The highest BCUT2D eigenvalue weighted by Gasteiger charge is 2.21. The molecule has 0 spiro atoms. The van der Waals surface area contributed by atoms with Gasteiger partial charge in [-0.1, -0.05) is 37.0 Å². The van der Waals surface area contributed by atoms with E-state index in [1.54, 1.807) is 40.0 Å². The van der Waals surface area contributed by atoms with Gasteiger partial charge in [0.2, 0.25) is 0 Å². The number of amides is 3. The number of imide groups is 1. The maximum Gasteiger partial charge on any atom is 0.326 e. The van der Waals surface area contributed by atoms with Gasteiger partial charge in [-0.15, -0.1) is 0 Å². The molecule has 2 N–H and O–H groups in total. The summed E-state index contributed by atoms with van der Waals surface area (Å²) in [5.41, 5.74) is 1.75. The third kappa shape index (κ3) is 7.68. The molecule has 0 radical (unpaired) electrons. The van der Waals surface area contributed by atoms with Gasteiger partial charge in [-0.05, 0) is 63.3 Å². The molecule has 2 aromatic rings. The highest BCUT2D eigenvalue weighted by atomic mass is 35.5. The number of ether oxygens (including phenoxy) is 1. The molecule has 0 aliphatic rings. The van der Waals surface area contributed by atoms with Crippen LogP contribution in [-0.2, 0) is 16.0 Å². The van der Waals surface area contributed by atoms with Gasteiger partial charge >= 0.3 is 12.0 Å². The monoisotopic (exact) mass is 494 g/mol. The number of hydrogen-bond acceptors (Lipinski definition) is 6. The Bertz CT molecular complexity index is 1070. The van der Waals surface area contributed by atoms with Crippen molar-refractivity contribution in [2.24, 2.45) is 0 Å². The van der Waals surface area contributed by atoms with E-state index in [0.717, 1.165) is 0 Å². The molecule has 178 valence electrons. The smallest absolute Gasteiger partial charge is 0.326 e. The number of anilines is 1. The Morgan fingerprint density at radius 2 is 1.82 bits per heavy atom. The van der Waals surface area contributed by atoms with Gasteiger partial charge in [-0.2, -0.15) is 0 Å². The van der Waals surface area contributed by atoms with E-state index in [-0.39, 0.29) is 34.2 Å². The normalized spacial score (nSPS) is 11.3. The predicted molar refractivity (Wildman–Crippen MR) is 128 cm³/mol. The molecule has 0 saturated heterocycles. The molecular weight excluding hydrogens is 467 g/mol. The quantitative estimate of drug-likeness (QED) is 0.407. The summed E-state index contributed by atoms with van der Waals surface area (Å²) in [7, 11) is 0. The number of aryl methyl sites for hydroxylation is 2. The van der Waals surface area contributed by atoms with Crippen LogP contribution in [0.15, 0.2) is 18.3 Å². The Kier molecular flexibility index (Phi) is 8.80. The Morgan fingerprint density at radius 3 is 2.42 bits per heavy atom. The topological polar surface area (TPSA) is 110 Å². The Labute approximate surface area is 203 Å². The maximum atomic E-state index is 12.7. The number of carbonyl (C=O) groups excluding carboxylic acids is 3. The number of halogens is 2. The second-order valence-corrected chi connectivity index (χ2v) is 9.53. The highest BCUT2D eigenvalue weighted by Crippen LogP contribution is 2.27. The fourth-order valence-corrected chi connectivity index (χ4v) is 3.39. The van der Waals surface area contributed by atoms with E-state index in [4.69, 9.17) is 27.9 Å². The first-order valence-electron chi connectivity index (χ1n) is 10.4. The van der Waals surface area contributed by atoms with Gasteiger partial charge in [-0.3, -0.25) is 19.9 Å². The molecule has 8 nitrogen and oxygen atoms in total. The van der Waals surface area contributed by atoms with Crippen LogP contribution in [-0.4, -0.2) is 33.5 Å². The van der Waals surface area contributed by atoms with E-state index in [0.29, 0.717) is 28.9 Å². The van der Waals surface area contributed by atoms with Gasteiger partial charge in [0.05, 0.1) is 16.9 Å². The molecule has 10 heteroatoms. The summed E-state index contributed by atoms with van der Waals surface area (Å²) >= 11 is 11.9. The largest absolute Gasteiger partial charge is 0.460 e. The molecule has 0 unspecified atom stereocenters. The average Bonchev–Trinajstić information content (AvgIpc) is 2.68. The number of aromatic nitrogens is 2. The zero-order chi connectivity index (χ0) is 24.9. The SMILES string of the molecule is Cc1cc(C(=O)NC(=O)Nc2c(CCC(=O)OC(C)(C)C)ccnc2C(C)C)c(Cl)nc1Cl. The maximum absolute atomic E-state index is 12.7. The summed E-state index contributed by atoms with van der Waals surface area (Å²) < 4.78 is 5.36. The van der Waals surface area contributed by atoms with Crippen LogP contribution in [0.2, 0.25) is 10.3 Å². The van der Waals surface area contributed by atoms with Crippen molar-refractivity contribution in [3.05, 3.63) is 51.0 Å². The number of rotatable bonds is 6. The number of esters is 1. The van der Waals surface area contributed by atoms with E-state index >= 15 is 0 Å². The molecule has 2 rings (SSSR count). The lowest BCUT2D eigenvalue weighted by molar-refractivity contribution is -0.154. The van der Waals surface area contributed by atoms with Crippen molar-refractivity contribution in [3.63, 3.8) is 0 Å². The van der Waals surface area contributed by atoms with Gasteiger partial charge < -0.3 is 10.1 Å². The number of nitrogens with one attached hydrogen (secondary N) is 2. The van der Waals surface area contributed by atoms with Crippen molar-refractivity contribution in [2.75, 3.05) is 5.32 Å². The van der Waals surface area contributed by atoms with E-state index in [2.05, 4.69) is 20.6 Å². The first-order chi connectivity index (χ1) is 15.3. The fourth-order valence-electron chi connectivity index (χ4n) is 2.98. The number of pyridine rings is 2. The summed E-state index contributed by atoms with van der Waals surface area (Å²) in [6.07, 6.45) is 2.07. The van der Waals surface area contributed by atoms with Crippen molar-refractivity contribution in [2.45, 2.75) is 65.9 Å². The second-order valence-electron chi connectivity index (χ2n) is 8.81.